The molecule has 0 fully saturated rings. The zero-order valence-corrected chi connectivity index (χ0v) is 16.0. The Kier molecular flexibility index (Phi) is 6.17. The Morgan fingerprint density at radius 1 is 1.00 bits per heavy atom. The lowest BCUT2D eigenvalue weighted by Gasteiger charge is -2.16. The predicted octanol–water partition coefficient (Wildman–Crippen LogP) is 4.95. The highest BCUT2D eigenvalue weighted by molar-refractivity contribution is 7.85. The van der Waals surface area contributed by atoms with E-state index in [0.717, 1.165) is 6.20 Å². The zero-order chi connectivity index (χ0) is 22.2. The van der Waals surface area contributed by atoms with E-state index >= 15 is 0 Å². The smallest absolute Gasteiger partial charge is 0.235 e. The van der Waals surface area contributed by atoms with E-state index in [1.165, 1.54) is 20.8 Å². The highest BCUT2D eigenvalue weighted by Crippen LogP contribution is 2.32. The van der Waals surface area contributed by atoms with Crippen LogP contribution in [0.15, 0.2) is 34.9 Å². The molecule has 0 aliphatic carbocycles. The molecule has 0 amide bonds. The molecule has 158 valence electrons. The van der Waals surface area contributed by atoms with Gasteiger partial charge < -0.3 is 0 Å². The summed E-state index contributed by atoms with van der Waals surface area (Å²) in [6, 6.07) is 1.87. The molecule has 0 aliphatic rings. The van der Waals surface area contributed by atoms with E-state index in [-0.39, 0.29) is 6.07 Å². The van der Waals surface area contributed by atoms with E-state index in [4.69, 9.17) is 0 Å². The summed E-state index contributed by atoms with van der Waals surface area (Å²) in [4.78, 5) is 6.88. The number of nitrogens with zero attached hydrogens (tertiary/aromatic N) is 3. The number of hydrogen-bond acceptors (Lipinski definition) is 3. The van der Waals surface area contributed by atoms with Crippen LogP contribution in [0, 0.1) is 5.82 Å². The topological polar surface area (TPSA) is 55.2 Å². The van der Waals surface area contributed by atoms with Gasteiger partial charge in [0.1, 0.15) is 28.2 Å². The average molecular weight is 441 g/mol. The average Bonchev–Trinajstić information content (AvgIpc) is 2.56. The number of halogens is 7. The van der Waals surface area contributed by atoms with Gasteiger partial charge in [-0.1, -0.05) is 0 Å². The molecular formula is C17H14F7N3OS. The third-order valence-electron chi connectivity index (χ3n) is 3.35. The van der Waals surface area contributed by atoms with Gasteiger partial charge in [-0.15, -0.1) is 0 Å². The molecule has 1 unspecified atom stereocenters. The number of alkyl halides is 6. The number of benzene rings is 1. The summed E-state index contributed by atoms with van der Waals surface area (Å²) in [7, 11) is -2.11. The van der Waals surface area contributed by atoms with E-state index in [1.54, 1.807) is 0 Å². The lowest BCUT2D eigenvalue weighted by atomic mass is 10.1. The fourth-order valence-electron chi connectivity index (χ4n) is 1.96. The molecular weight excluding hydrogens is 427 g/mol. The summed E-state index contributed by atoms with van der Waals surface area (Å²) < 4.78 is 107. The minimum atomic E-state index is -4.93. The maximum absolute atomic E-state index is 13.8. The first-order valence-electron chi connectivity index (χ1n) is 7.88. The molecule has 1 atom stereocenters. The fourth-order valence-corrected chi connectivity index (χ4v) is 2.59. The summed E-state index contributed by atoms with van der Waals surface area (Å²) in [5.41, 5.74) is -4.00. The van der Waals surface area contributed by atoms with E-state index in [0.29, 0.717) is 18.2 Å². The maximum atomic E-state index is 13.8. The van der Waals surface area contributed by atoms with Crippen molar-refractivity contribution in [3.63, 3.8) is 0 Å². The second-order valence-corrected chi connectivity index (χ2v) is 8.70. The summed E-state index contributed by atoms with van der Waals surface area (Å²) >= 11 is 0. The fraction of sp³-hybridized carbons (Fsp3) is 0.353. The van der Waals surface area contributed by atoms with Gasteiger partial charge in [0.2, 0.25) is 0 Å². The van der Waals surface area contributed by atoms with Crippen LogP contribution in [0.1, 0.15) is 43.4 Å². The summed E-state index contributed by atoms with van der Waals surface area (Å²) in [6.07, 6.45) is -9.07. The molecule has 4 nitrogen and oxygen atoms in total. The maximum Gasteiger partial charge on any atom is 0.433 e. The Hall–Kier alpha value is -2.37. The Bertz CT molecular complexity index is 963. The molecule has 1 aromatic carbocycles. The van der Waals surface area contributed by atoms with Crippen LogP contribution in [0.3, 0.4) is 0 Å². The SMILES string of the molecule is CC(C)(C)S(=O)N=C(c1cc(F)cc(C(F)(F)F)c1)c1nccc(C(F)(F)F)n1. The first kappa shape index (κ1) is 22.9. The molecule has 2 aromatic rings. The summed E-state index contributed by atoms with van der Waals surface area (Å²) in [5, 5.41) is 0. The Labute approximate surface area is 163 Å². The van der Waals surface area contributed by atoms with E-state index in [1.807, 2.05) is 0 Å². The van der Waals surface area contributed by atoms with Gasteiger partial charge in [-0.2, -0.15) is 30.7 Å². The van der Waals surface area contributed by atoms with Gasteiger partial charge in [-0.3, -0.25) is 0 Å². The minimum absolute atomic E-state index is 0.217. The summed E-state index contributed by atoms with van der Waals surface area (Å²) in [5.74, 6) is -2.05. The number of aromatic nitrogens is 2. The largest absolute Gasteiger partial charge is 0.433 e. The van der Waals surface area contributed by atoms with Crippen LogP contribution in [-0.4, -0.2) is 24.6 Å². The summed E-state index contributed by atoms with van der Waals surface area (Å²) in [6.45, 7) is 4.47. The molecule has 29 heavy (non-hydrogen) atoms. The molecule has 1 heterocycles. The van der Waals surface area contributed by atoms with Crippen molar-refractivity contribution >= 4 is 16.7 Å². The molecule has 0 N–H and O–H groups in total. The van der Waals surface area contributed by atoms with Crippen molar-refractivity contribution in [1.29, 1.82) is 0 Å². The number of rotatable bonds is 3. The normalized spacial score (nSPS) is 14.8. The Morgan fingerprint density at radius 2 is 1.62 bits per heavy atom. The van der Waals surface area contributed by atoms with Gasteiger partial charge >= 0.3 is 12.4 Å². The van der Waals surface area contributed by atoms with Crippen LogP contribution in [0.4, 0.5) is 30.7 Å². The standard InChI is InChI=1S/C17H14F7N3OS/c1-15(2,3)29(28)27-13(14-25-5-4-12(26-14)17(22,23)24)9-6-10(16(19,20)21)8-11(18)7-9/h4-8H,1-3H3. The Morgan fingerprint density at radius 3 is 2.14 bits per heavy atom. The first-order chi connectivity index (χ1) is 13.1. The van der Waals surface area contributed by atoms with Crippen molar-refractivity contribution < 1.29 is 34.9 Å². The molecule has 2 rings (SSSR count). The molecule has 0 spiro atoms. The van der Waals surface area contributed by atoms with E-state index in [9.17, 15) is 34.9 Å². The van der Waals surface area contributed by atoms with Gasteiger partial charge in [-0.05, 0) is 45.0 Å². The monoisotopic (exact) mass is 441 g/mol. The lowest BCUT2D eigenvalue weighted by Crippen LogP contribution is -2.23. The van der Waals surface area contributed by atoms with Crippen molar-refractivity contribution in [2.45, 2.75) is 37.9 Å². The predicted molar refractivity (Wildman–Crippen MR) is 92.0 cm³/mol. The number of hydrogen-bond donors (Lipinski definition) is 0. The minimum Gasteiger partial charge on any atom is -0.235 e. The van der Waals surface area contributed by atoms with E-state index in [2.05, 4.69) is 14.4 Å². The van der Waals surface area contributed by atoms with Crippen molar-refractivity contribution in [3.8, 4) is 0 Å². The second-order valence-electron chi connectivity index (χ2n) is 6.79. The van der Waals surface area contributed by atoms with E-state index < -0.39 is 62.3 Å². The van der Waals surface area contributed by atoms with Gasteiger partial charge in [0.15, 0.2) is 5.82 Å². The molecule has 12 heteroatoms. The van der Waals surface area contributed by atoms with Crippen LogP contribution in [-0.2, 0) is 23.3 Å². The molecule has 0 radical (unpaired) electrons. The zero-order valence-electron chi connectivity index (χ0n) is 15.2. The molecule has 0 saturated carbocycles. The van der Waals surface area contributed by atoms with Crippen LogP contribution < -0.4 is 0 Å². The highest BCUT2D eigenvalue weighted by Gasteiger charge is 2.35. The quantitative estimate of drug-likeness (QED) is 0.500. The van der Waals surface area contributed by atoms with Crippen LogP contribution in [0.25, 0.3) is 0 Å². The van der Waals surface area contributed by atoms with Crippen molar-refractivity contribution in [2.75, 3.05) is 0 Å². The molecule has 0 aliphatic heterocycles. The lowest BCUT2D eigenvalue weighted by molar-refractivity contribution is -0.141. The molecule has 1 aromatic heterocycles. The van der Waals surface area contributed by atoms with Crippen molar-refractivity contribution in [2.24, 2.45) is 4.40 Å². The Balaban J connectivity index is 2.76. The first-order valence-corrected chi connectivity index (χ1v) is 8.99. The van der Waals surface area contributed by atoms with Gasteiger partial charge in [0, 0.05) is 11.8 Å². The second kappa shape index (κ2) is 7.81. The van der Waals surface area contributed by atoms with Crippen molar-refractivity contribution in [1.82, 2.24) is 9.97 Å². The van der Waals surface area contributed by atoms with Gasteiger partial charge in [0.25, 0.3) is 0 Å². The third kappa shape index (κ3) is 5.81. The van der Waals surface area contributed by atoms with Crippen LogP contribution >= 0.6 is 0 Å². The van der Waals surface area contributed by atoms with Gasteiger partial charge in [0.05, 0.1) is 10.3 Å². The molecule has 0 bridgehead atoms. The third-order valence-corrected chi connectivity index (χ3v) is 4.75. The molecule has 0 saturated heterocycles. The van der Waals surface area contributed by atoms with Crippen LogP contribution in [0.2, 0.25) is 0 Å². The van der Waals surface area contributed by atoms with Crippen LogP contribution in [0.5, 0.6) is 0 Å². The van der Waals surface area contributed by atoms with Gasteiger partial charge in [-0.25, -0.2) is 18.6 Å². The highest BCUT2D eigenvalue weighted by atomic mass is 32.2. The van der Waals surface area contributed by atoms with Crippen molar-refractivity contribution in [3.05, 3.63) is 58.9 Å².